The minimum absolute atomic E-state index is 0.0487. The second-order valence-electron chi connectivity index (χ2n) is 10.4. The number of amides is 1. The van der Waals surface area contributed by atoms with Crippen molar-refractivity contribution in [3.8, 4) is 22.8 Å². The van der Waals surface area contributed by atoms with Gasteiger partial charge in [-0.15, -0.1) is 18.3 Å². The predicted octanol–water partition coefficient (Wildman–Crippen LogP) is 7.49. The molecule has 0 radical (unpaired) electrons. The maximum absolute atomic E-state index is 12.9. The van der Waals surface area contributed by atoms with Crippen molar-refractivity contribution in [2.75, 3.05) is 10.7 Å². The summed E-state index contributed by atoms with van der Waals surface area (Å²) in [6.07, 6.45) is -1.71. The zero-order valence-corrected chi connectivity index (χ0v) is 26.4. The fourth-order valence-electron chi connectivity index (χ4n) is 4.54. The lowest BCUT2D eigenvalue weighted by molar-refractivity contribution is -0.274. The first-order valence-corrected chi connectivity index (χ1v) is 15.2. The summed E-state index contributed by atoms with van der Waals surface area (Å²) in [5.41, 5.74) is 4.71. The minimum atomic E-state index is -4.77. The summed E-state index contributed by atoms with van der Waals surface area (Å²) >= 11 is 6.74. The molecule has 0 bridgehead atoms. The molecule has 46 heavy (non-hydrogen) atoms. The molecule has 1 aliphatic rings. The highest BCUT2D eigenvalue weighted by Crippen LogP contribution is 2.34. The molecule has 5 rings (SSSR count). The number of rotatable bonds is 7. The Morgan fingerprint density at radius 1 is 1.15 bits per heavy atom. The molecule has 234 valence electrons. The fourth-order valence-corrected chi connectivity index (χ4v) is 5.66. The van der Waals surface area contributed by atoms with Gasteiger partial charge >= 0.3 is 6.36 Å². The molecule has 1 aromatic heterocycles. The van der Waals surface area contributed by atoms with Gasteiger partial charge in [-0.25, -0.2) is 9.67 Å². The molecule has 14 heteroatoms. The Kier molecular flexibility index (Phi) is 9.54. The van der Waals surface area contributed by atoms with Crippen LogP contribution in [0, 0.1) is 13.5 Å². The summed E-state index contributed by atoms with van der Waals surface area (Å²) in [5, 5.41) is 7.76. The number of thiocarbonyl (C=S) groups is 1. The minimum Gasteiger partial charge on any atom is -0.406 e. The van der Waals surface area contributed by atoms with Gasteiger partial charge in [-0.05, 0) is 78.2 Å². The summed E-state index contributed by atoms with van der Waals surface area (Å²) in [5.74, 6) is 0.542. The van der Waals surface area contributed by atoms with Gasteiger partial charge < -0.3 is 9.58 Å². The molecule has 0 atom stereocenters. The topological polar surface area (TPSA) is 89.0 Å². The Labute approximate surface area is 272 Å². The number of ether oxygens (including phenoxy) is 1. The Balaban J connectivity index is 1.28. The van der Waals surface area contributed by atoms with Crippen molar-refractivity contribution in [2.45, 2.75) is 33.1 Å². The molecule has 0 aliphatic carbocycles. The van der Waals surface area contributed by atoms with Crippen LogP contribution in [-0.2, 0) is 4.79 Å². The number of anilines is 1. The summed E-state index contributed by atoms with van der Waals surface area (Å²) in [6, 6.07) is 18.4. The number of carbonyl (C=O) groups is 1. The van der Waals surface area contributed by atoms with E-state index in [2.05, 4.69) is 43.8 Å². The number of amidine groups is 1. The fraction of sp³-hybridized carbons (Fsp3) is 0.188. The van der Waals surface area contributed by atoms with E-state index < -0.39 is 6.36 Å². The first kappa shape index (κ1) is 32.4. The number of benzene rings is 3. The van der Waals surface area contributed by atoms with Gasteiger partial charge in [-0.2, -0.15) is 4.99 Å². The van der Waals surface area contributed by atoms with Crippen LogP contribution in [0.4, 0.5) is 18.9 Å². The molecule has 1 saturated heterocycles. The zero-order chi connectivity index (χ0) is 33.0. The van der Waals surface area contributed by atoms with E-state index in [0.717, 1.165) is 16.8 Å². The van der Waals surface area contributed by atoms with Gasteiger partial charge in [0.2, 0.25) is 11.7 Å². The van der Waals surface area contributed by atoms with Crippen molar-refractivity contribution in [3.05, 3.63) is 107 Å². The standard InChI is InChI=1S/C32H26F3N7O2S2/c1-19(2)25-14-5-20(3)15-26(25)42-28(43)17-46-31(42)39-30(45)38-27(36-4)16-21-6-8-22(9-7-21)29-37-18-41(40-29)23-10-12-24(13-11-23)44-32(33,34)35/h5-16,18-19H,17H2,1-3H3,(H,38,45)/b27-16+,39-31?. The average molecular weight is 662 g/mol. The SMILES string of the molecule is [C-]#[N+]/C(=C\c1ccc(-c2ncn(-c3ccc(OC(F)(F)F)cc3)n2)cc1)NC(=S)N=C1SCC(=O)N1c1cc(C)ccc1C(C)C. The van der Waals surface area contributed by atoms with Crippen molar-refractivity contribution < 1.29 is 22.7 Å². The number of thioether (sulfide) groups is 1. The molecule has 1 amide bonds. The third kappa shape index (κ3) is 7.79. The van der Waals surface area contributed by atoms with Crippen LogP contribution in [0.3, 0.4) is 0 Å². The molecule has 9 nitrogen and oxygen atoms in total. The number of hydrogen-bond donors (Lipinski definition) is 1. The van der Waals surface area contributed by atoms with Gasteiger partial charge in [0.1, 0.15) is 12.1 Å². The lowest BCUT2D eigenvalue weighted by atomic mass is 9.99. The normalized spacial score (nSPS) is 14.6. The van der Waals surface area contributed by atoms with Crippen LogP contribution >= 0.6 is 24.0 Å². The van der Waals surface area contributed by atoms with Gasteiger partial charge in [0.15, 0.2) is 11.0 Å². The number of carbonyl (C=O) groups excluding carboxylic acids is 1. The van der Waals surface area contributed by atoms with Crippen LogP contribution in [0.1, 0.15) is 36.5 Å². The van der Waals surface area contributed by atoms with E-state index in [4.69, 9.17) is 18.8 Å². The van der Waals surface area contributed by atoms with Gasteiger partial charge in [-0.1, -0.05) is 68.6 Å². The predicted molar refractivity (Wildman–Crippen MR) is 176 cm³/mol. The zero-order valence-electron chi connectivity index (χ0n) is 24.7. The Morgan fingerprint density at radius 2 is 1.87 bits per heavy atom. The third-order valence-electron chi connectivity index (χ3n) is 6.67. The highest BCUT2D eigenvalue weighted by Gasteiger charge is 2.33. The summed E-state index contributed by atoms with van der Waals surface area (Å²) in [4.78, 5) is 26.8. The number of aliphatic imine (C=N–C) groups is 1. The molecular weight excluding hydrogens is 636 g/mol. The molecule has 4 aromatic rings. The first-order chi connectivity index (χ1) is 21.9. The van der Waals surface area contributed by atoms with Crippen molar-refractivity contribution in [1.29, 1.82) is 0 Å². The van der Waals surface area contributed by atoms with E-state index in [1.165, 1.54) is 47.0 Å². The third-order valence-corrected chi connectivity index (χ3v) is 7.78. The molecule has 0 saturated carbocycles. The average Bonchev–Trinajstić information content (AvgIpc) is 3.63. The Hall–Kier alpha value is -5.00. The van der Waals surface area contributed by atoms with E-state index in [9.17, 15) is 18.0 Å². The number of alkyl halides is 3. The number of aromatic nitrogens is 3. The lowest BCUT2D eigenvalue weighted by Crippen LogP contribution is -2.32. The number of nitrogens with zero attached hydrogens (tertiary/aromatic N) is 6. The van der Waals surface area contributed by atoms with E-state index in [-0.39, 0.29) is 34.3 Å². The van der Waals surface area contributed by atoms with E-state index in [1.807, 2.05) is 25.1 Å². The lowest BCUT2D eigenvalue weighted by Gasteiger charge is -2.22. The maximum Gasteiger partial charge on any atom is 0.573 e. The molecule has 0 unspecified atom stereocenters. The van der Waals surface area contributed by atoms with Crippen LogP contribution in [0.2, 0.25) is 0 Å². The smallest absolute Gasteiger partial charge is 0.406 e. The van der Waals surface area contributed by atoms with Gasteiger partial charge in [0.25, 0.3) is 5.11 Å². The molecule has 1 aliphatic heterocycles. The molecule has 2 heterocycles. The van der Waals surface area contributed by atoms with Crippen molar-refractivity contribution in [3.63, 3.8) is 0 Å². The molecular formula is C32H26F3N7O2S2. The van der Waals surface area contributed by atoms with E-state index >= 15 is 0 Å². The monoisotopic (exact) mass is 661 g/mol. The summed E-state index contributed by atoms with van der Waals surface area (Å²) < 4.78 is 42.6. The number of hydrogen-bond acceptors (Lipinski definition) is 6. The Morgan fingerprint density at radius 3 is 2.52 bits per heavy atom. The van der Waals surface area contributed by atoms with E-state index in [1.54, 1.807) is 35.2 Å². The summed E-state index contributed by atoms with van der Waals surface area (Å²) in [6.45, 7) is 13.7. The quantitative estimate of drug-likeness (QED) is 0.162. The largest absolute Gasteiger partial charge is 0.573 e. The highest BCUT2D eigenvalue weighted by molar-refractivity contribution is 8.15. The molecule has 1 N–H and O–H groups in total. The number of aryl methyl sites for hydroxylation is 1. The number of halogens is 3. The van der Waals surface area contributed by atoms with Crippen LogP contribution in [0.25, 0.3) is 28.0 Å². The molecule has 0 spiro atoms. The van der Waals surface area contributed by atoms with Crippen LogP contribution in [0.5, 0.6) is 5.75 Å². The first-order valence-electron chi connectivity index (χ1n) is 13.8. The number of nitrogens with one attached hydrogen (secondary N) is 1. The van der Waals surface area contributed by atoms with Crippen molar-refractivity contribution in [1.82, 2.24) is 20.1 Å². The second kappa shape index (κ2) is 13.6. The maximum atomic E-state index is 12.9. The van der Waals surface area contributed by atoms with Crippen molar-refractivity contribution >= 4 is 51.9 Å². The van der Waals surface area contributed by atoms with E-state index in [0.29, 0.717) is 27.8 Å². The van der Waals surface area contributed by atoms with Crippen LogP contribution in [0.15, 0.2) is 83.9 Å². The molecule has 3 aromatic carbocycles. The summed E-state index contributed by atoms with van der Waals surface area (Å²) in [7, 11) is 0. The molecule has 1 fully saturated rings. The van der Waals surface area contributed by atoms with Gasteiger partial charge in [0, 0.05) is 5.56 Å². The van der Waals surface area contributed by atoms with Gasteiger partial charge in [0.05, 0.1) is 17.1 Å². The second-order valence-corrected chi connectivity index (χ2v) is 11.7. The highest BCUT2D eigenvalue weighted by atomic mass is 32.2. The van der Waals surface area contributed by atoms with Crippen LogP contribution in [-0.4, -0.2) is 43.1 Å². The van der Waals surface area contributed by atoms with Gasteiger partial charge in [-0.3, -0.25) is 15.0 Å². The Bertz CT molecular complexity index is 1880. The van der Waals surface area contributed by atoms with Crippen molar-refractivity contribution in [2.24, 2.45) is 4.99 Å². The van der Waals surface area contributed by atoms with Crippen LogP contribution < -0.4 is 15.0 Å².